The maximum absolute atomic E-state index is 8.59. The van der Waals surface area contributed by atoms with E-state index in [1.54, 1.807) is 12.3 Å². The van der Waals surface area contributed by atoms with Crippen LogP contribution in [0.4, 0.5) is 0 Å². The van der Waals surface area contributed by atoms with Crippen LogP contribution in [0, 0.1) is 10.7 Å². The van der Waals surface area contributed by atoms with Crippen LogP contribution in [0.1, 0.15) is 76.6 Å². The molecule has 0 bridgehead atoms. The SMILES string of the molecule is [2H]C([2H])([2H])c1cc(-n2c3ccccc3c3ccc(Oc4ccc5c(c4)C(n4[c](=[Pt])n(C([2H])([2H])[2H])c6ccccc64)CCCC5)cc32)ncc1-c1ccc(C(C)(C)C)cc1. The summed E-state index contributed by atoms with van der Waals surface area (Å²) < 4.78 is 63.9. The summed E-state index contributed by atoms with van der Waals surface area (Å²) in [5.74, 6) is 1.81. The smallest absolute Gasteiger partial charge is 0.0374 e. The van der Waals surface area contributed by atoms with E-state index in [1.807, 2.05) is 83.4 Å². The van der Waals surface area contributed by atoms with Gasteiger partial charge in [-0.2, -0.15) is 0 Å². The fraction of sp³-hybridized carbons (Fsp3) is 0.234. The number of imidazole rings is 1. The Morgan fingerprint density at radius 2 is 1.51 bits per heavy atom. The molecular formula is C47H44N4OPt. The van der Waals surface area contributed by atoms with Crippen molar-refractivity contribution in [3.8, 4) is 28.4 Å². The predicted octanol–water partition coefficient (Wildman–Crippen LogP) is 11.9. The molecule has 9 rings (SSSR count). The molecule has 0 N–H and O–H groups in total. The minimum Gasteiger partial charge on any atom is -0.238 e. The summed E-state index contributed by atoms with van der Waals surface area (Å²) in [5, 5.41) is 2.01. The second-order valence-electron chi connectivity index (χ2n) is 15.1. The zero-order valence-electron chi connectivity index (χ0n) is 36.0. The zero-order valence-corrected chi connectivity index (χ0v) is 32.2. The van der Waals surface area contributed by atoms with Crippen molar-refractivity contribution >= 4 is 32.8 Å². The summed E-state index contributed by atoms with van der Waals surface area (Å²) in [6.45, 7) is 1.76. The molecule has 1 unspecified atom stereocenters. The number of nitrogens with zero attached hydrogens (tertiary/aromatic N) is 4. The molecule has 8 aromatic rings. The van der Waals surface area contributed by atoms with Crippen molar-refractivity contribution in [1.82, 2.24) is 18.7 Å². The Kier molecular flexibility index (Phi) is 6.84. The third-order valence-corrected chi connectivity index (χ3v) is 11.8. The molecule has 1 aliphatic carbocycles. The zero-order chi connectivity index (χ0) is 41.4. The molecule has 6 heteroatoms. The Hall–Kier alpha value is -4.99. The van der Waals surface area contributed by atoms with Crippen LogP contribution in [0.5, 0.6) is 11.5 Å². The quantitative estimate of drug-likeness (QED) is 0.162. The Morgan fingerprint density at radius 1 is 0.774 bits per heavy atom. The topological polar surface area (TPSA) is 36.9 Å². The Labute approximate surface area is 330 Å². The van der Waals surface area contributed by atoms with Gasteiger partial charge in [0.15, 0.2) is 0 Å². The van der Waals surface area contributed by atoms with Crippen molar-refractivity contribution in [3.63, 3.8) is 0 Å². The molecule has 5 aromatic carbocycles. The number of aromatic nitrogens is 4. The first-order valence-corrected chi connectivity index (χ1v) is 19.3. The van der Waals surface area contributed by atoms with Gasteiger partial charge in [0.25, 0.3) is 0 Å². The van der Waals surface area contributed by atoms with Crippen molar-refractivity contribution in [3.05, 3.63) is 148 Å². The fourth-order valence-electron chi connectivity index (χ4n) is 8.03. The second-order valence-corrected chi connectivity index (χ2v) is 16.1. The number of para-hydroxylation sites is 3. The number of hydrogen-bond acceptors (Lipinski definition) is 2. The van der Waals surface area contributed by atoms with Crippen LogP contribution in [-0.2, 0) is 38.2 Å². The normalized spacial score (nSPS) is 17.0. The van der Waals surface area contributed by atoms with Crippen molar-refractivity contribution in [2.24, 2.45) is 6.98 Å². The first kappa shape index (κ1) is 27.6. The van der Waals surface area contributed by atoms with Gasteiger partial charge in [-0.05, 0) is 41.1 Å². The average molecular weight is 882 g/mol. The first-order chi connectivity index (χ1) is 28.1. The van der Waals surface area contributed by atoms with E-state index in [1.165, 1.54) is 15.7 Å². The van der Waals surface area contributed by atoms with Gasteiger partial charge in [0.1, 0.15) is 0 Å². The fourth-order valence-corrected chi connectivity index (χ4v) is 8.93. The van der Waals surface area contributed by atoms with Gasteiger partial charge >= 0.3 is 206 Å². The molecule has 3 aromatic heterocycles. The van der Waals surface area contributed by atoms with E-state index in [0.717, 1.165) is 64.1 Å². The number of fused-ring (bicyclic) bond motifs is 5. The molecule has 0 saturated carbocycles. The monoisotopic (exact) mass is 881 g/mol. The number of hydrogen-bond donors (Lipinski definition) is 0. The number of ether oxygens (including phenoxy) is 1. The molecule has 1 aliphatic rings. The standard InChI is InChI=1S/C47H44N4O.Pt/c1-31-26-46(48-29-40(31)33-18-21-34(22-19-33)47(2,3)4)51-42-15-9-7-13-37(42)38-25-24-36(28-45(38)51)52-35-23-20-32-12-6-8-14-41(39(32)27-35)50-30-49(5)43-16-10-11-17-44(43)50;/h7,9-11,13,15-29,41H,6,8,12,14H2,1-5H3;/i1D3,5D3;. The van der Waals surface area contributed by atoms with E-state index in [9.17, 15) is 0 Å². The van der Waals surface area contributed by atoms with Gasteiger partial charge in [0, 0.05) is 15.9 Å². The van der Waals surface area contributed by atoms with Crippen LogP contribution >= 0.6 is 0 Å². The largest absolute Gasteiger partial charge is 0.238 e. The molecule has 5 nitrogen and oxygen atoms in total. The number of pyridine rings is 1. The van der Waals surface area contributed by atoms with Crippen LogP contribution in [0.25, 0.3) is 49.8 Å². The van der Waals surface area contributed by atoms with Crippen LogP contribution in [0.15, 0.2) is 121 Å². The van der Waals surface area contributed by atoms with Crippen molar-refractivity contribution < 1.29 is 32.3 Å². The Bertz CT molecular complexity index is 2970. The molecule has 0 radical (unpaired) electrons. The molecular weight excluding hydrogens is 832 g/mol. The molecule has 53 heavy (non-hydrogen) atoms. The molecule has 0 saturated heterocycles. The number of benzene rings is 5. The van der Waals surface area contributed by atoms with E-state index in [0.29, 0.717) is 32.2 Å². The second kappa shape index (κ2) is 13.1. The molecule has 0 spiro atoms. The molecule has 0 amide bonds. The van der Waals surface area contributed by atoms with E-state index < -0.39 is 13.8 Å². The molecule has 3 heterocycles. The number of aryl methyl sites for hydroxylation is 3. The van der Waals surface area contributed by atoms with Gasteiger partial charge in [0.2, 0.25) is 0 Å². The van der Waals surface area contributed by atoms with Gasteiger partial charge < -0.3 is 0 Å². The molecule has 268 valence electrons. The minimum absolute atomic E-state index is 0.0299. The van der Waals surface area contributed by atoms with Gasteiger partial charge in [-0.25, -0.2) is 4.98 Å². The van der Waals surface area contributed by atoms with E-state index in [-0.39, 0.29) is 17.0 Å². The summed E-state index contributed by atoms with van der Waals surface area (Å²) >= 11 is 2.17. The van der Waals surface area contributed by atoms with Crippen LogP contribution in [-0.4, -0.2) is 18.7 Å². The average Bonchev–Trinajstić information content (AvgIpc) is 3.59. The number of rotatable bonds is 5. The van der Waals surface area contributed by atoms with E-state index in [4.69, 9.17) is 17.9 Å². The van der Waals surface area contributed by atoms with Crippen molar-refractivity contribution in [1.29, 1.82) is 0 Å². The minimum atomic E-state index is -2.38. The predicted molar refractivity (Wildman–Crippen MR) is 214 cm³/mol. The maximum Gasteiger partial charge on any atom is 0.0374 e. The summed E-state index contributed by atoms with van der Waals surface area (Å²) in [6, 6.07) is 37.8. The van der Waals surface area contributed by atoms with Crippen LogP contribution in [0.2, 0.25) is 0 Å². The third-order valence-electron chi connectivity index (χ3n) is 10.8. The van der Waals surface area contributed by atoms with Crippen molar-refractivity contribution in [2.45, 2.75) is 64.8 Å². The van der Waals surface area contributed by atoms with Gasteiger partial charge in [0.05, 0.1) is 0 Å². The van der Waals surface area contributed by atoms with E-state index in [2.05, 4.69) is 75.0 Å². The van der Waals surface area contributed by atoms with E-state index >= 15 is 0 Å². The molecule has 1 atom stereocenters. The summed E-state index contributed by atoms with van der Waals surface area (Å²) in [4.78, 5) is 4.93. The Balaban J connectivity index is 1.14. The van der Waals surface area contributed by atoms with Gasteiger partial charge in [-0.15, -0.1) is 0 Å². The summed E-state index contributed by atoms with van der Waals surface area (Å²) in [5.41, 5.74) is 8.43. The summed E-state index contributed by atoms with van der Waals surface area (Å²) in [6.07, 6.45) is 5.53. The first-order valence-electron chi connectivity index (χ1n) is 21.2. The van der Waals surface area contributed by atoms with Crippen LogP contribution < -0.4 is 4.74 Å². The summed E-state index contributed by atoms with van der Waals surface area (Å²) in [7, 11) is 0. The maximum atomic E-state index is 8.59. The Morgan fingerprint density at radius 3 is 2.30 bits per heavy atom. The van der Waals surface area contributed by atoms with Gasteiger partial charge in [-0.3, -0.25) is 0 Å². The molecule has 0 fully saturated rings. The third kappa shape index (κ3) is 5.90. The van der Waals surface area contributed by atoms with Crippen molar-refractivity contribution in [2.75, 3.05) is 0 Å². The van der Waals surface area contributed by atoms with Gasteiger partial charge in [-0.1, -0.05) is 63.2 Å². The molecule has 0 aliphatic heterocycles. The van der Waals surface area contributed by atoms with Crippen LogP contribution in [0.3, 0.4) is 0 Å².